The van der Waals surface area contributed by atoms with E-state index in [1.807, 2.05) is 0 Å². The smallest absolute Gasteiger partial charge is 0.296 e. The van der Waals surface area contributed by atoms with Crippen LogP contribution in [0.15, 0.2) is 53.8 Å². The van der Waals surface area contributed by atoms with Gasteiger partial charge in [0.2, 0.25) is 0 Å². The summed E-state index contributed by atoms with van der Waals surface area (Å²) in [6, 6.07) is 8.45. The fraction of sp³-hybridized carbons (Fsp3) is 0.227. The van der Waals surface area contributed by atoms with Crippen molar-refractivity contribution in [3.05, 3.63) is 71.0 Å². The second-order valence-electron chi connectivity index (χ2n) is 8.08. The number of hydrogen-bond acceptors (Lipinski definition) is 5. The number of nitrogens with zero attached hydrogens (tertiary/aromatic N) is 2. The van der Waals surface area contributed by atoms with Crippen LogP contribution in [-0.2, 0) is 9.59 Å². The van der Waals surface area contributed by atoms with E-state index in [4.69, 9.17) is 0 Å². The van der Waals surface area contributed by atoms with E-state index in [1.54, 1.807) is 20.8 Å². The number of hydrogen-bond donors (Lipinski definition) is 1. The molecule has 1 unspecified atom stereocenters. The molecule has 0 saturated carbocycles. The summed E-state index contributed by atoms with van der Waals surface area (Å²) in [6.45, 7) is 5.06. The van der Waals surface area contributed by atoms with Crippen LogP contribution in [0, 0.1) is 17.0 Å². The highest BCUT2D eigenvalue weighted by Gasteiger charge is 2.47. The van der Waals surface area contributed by atoms with Crippen LogP contribution in [0.3, 0.4) is 0 Å². The minimum absolute atomic E-state index is 0.0652. The average molecular weight is 428 g/mol. The molecule has 0 bridgehead atoms. The van der Waals surface area contributed by atoms with Gasteiger partial charge in [-0.25, -0.2) is 13.8 Å². The lowest BCUT2D eigenvalue weighted by atomic mass is 9.82. The first-order valence-corrected chi connectivity index (χ1v) is 10.0. The number of benzene rings is 2. The molecule has 2 aromatic carbocycles. The van der Waals surface area contributed by atoms with Gasteiger partial charge < -0.3 is 5.11 Å². The van der Waals surface area contributed by atoms with Gasteiger partial charge in [-0.05, 0) is 35.9 Å². The number of thiazole rings is 1. The van der Waals surface area contributed by atoms with Crippen LogP contribution in [0.1, 0.15) is 32.4 Å². The van der Waals surface area contributed by atoms with E-state index in [2.05, 4.69) is 4.98 Å². The predicted molar refractivity (Wildman–Crippen MR) is 110 cm³/mol. The van der Waals surface area contributed by atoms with Crippen LogP contribution < -0.4 is 4.90 Å². The molecule has 5 nitrogen and oxygen atoms in total. The summed E-state index contributed by atoms with van der Waals surface area (Å²) in [5, 5.41) is 10.8. The van der Waals surface area contributed by atoms with Crippen LogP contribution >= 0.6 is 11.3 Å². The third-order valence-corrected chi connectivity index (χ3v) is 5.88. The molecular weight excluding hydrogens is 410 g/mol. The number of halogens is 2. The van der Waals surface area contributed by atoms with Crippen LogP contribution in [0.4, 0.5) is 13.9 Å². The van der Waals surface area contributed by atoms with Crippen molar-refractivity contribution in [2.24, 2.45) is 5.41 Å². The monoisotopic (exact) mass is 428 g/mol. The molecule has 8 heteroatoms. The number of aliphatic hydroxyl groups excluding tert-OH is 1. The molecule has 0 fully saturated rings. The van der Waals surface area contributed by atoms with Crippen molar-refractivity contribution in [1.82, 2.24) is 4.98 Å². The summed E-state index contributed by atoms with van der Waals surface area (Å²) < 4.78 is 27.6. The number of fused-ring (bicyclic) bond motifs is 1. The Labute approximate surface area is 175 Å². The third-order valence-electron chi connectivity index (χ3n) is 4.86. The zero-order valence-electron chi connectivity index (χ0n) is 16.4. The quantitative estimate of drug-likeness (QED) is 0.631. The second kappa shape index (κ2) is 6.98. The topological polar surface area (TPSA) is 70.5 Å². The van der Waals surface area contributed by atoms with Crippen molar-refractivity contribution in [3.63, 3.8) is 0 Å². The van der Waals surface area contributed by atoms with Gasteiger partial charge in [0.25, 0.3) is 5.91 Å². The predicted octanol–water partition coefficient (Wildman–Crippen LogP) is 5.09. The molecule has 0 saturated heterocycles. The minimum Gasteiger partial charge on any atom is -0.503 e. The Balaban J connectivity index is 1.91. The highest BCUT2D eigenvalue weighted by Crippen LogP contribution is 2.45. The van der Waals surface area contributed by atoms with Gasteiger partial charge in [0.1, 0.15) is 11.6 Å². The molecular formula is C22H18F2N2O3S. The minimum atomic E-state index is -0.977. The van der Waals surface area contributed by atoms with Gasteiger partial charge >= 0.3 is 0 Å². The van der Waals surface area contributed by atoms with Crippen molar-refractivity contribution >= 4 is 38.4 Å². The van der Waals surface area contributed by atoms with Gasteiger partial charge in [-0.3, -0.25) is 14.5 Å². The molecule has 1 amide bonds. The van der Waals surface area contributed by atoms with Gasteiger partial charge in [0.05, 0.1) is 21.8 Å². The molecule has 3 aromatic rings. The largest absolute Gasteiger partial charge is 0.503 e. The molecule has 4 rings (SSSR count). The number of rotatable bonds is 3. The van der Waals surface area contributed by atoms with Crippen molar-refractivity contribution in [2.75, 3.05) is 4.90 Å². The van der Waals surface area contributed by atoms with Crippen LogP contribution in [-0.4, -0.2) is 21.8 Å². The molecule has 154 valence electrons. The molecule has 1 N–H and O–H groups in total. The fourth-order valence-corrected chi connectivity index (χ4v) is 4.41. The van der Waals surface area contributed by atoms with Crippen LogP contribution in [0.2, 0.25) is 0 Å². The number of ketones is 1. The Morgan fingerprint density at radius 2 is 1.73 bits per heavy atom. The summed E-state index contributed by atoms with van der Waals surface area (Å²) >= 11 is 1.07. The highest BCUT2D eigenvalue weighted by atomic mass is 32.1. The Hall–Kier alpha value is -3.13. The van der Waals surface area contributed by atoms with E-state index < -0.39 is 40.5 Å². The van der Waals surface area contributed by atoms with Crippen molar-refractivity contribution in [1.29, 1.82) is 0 Å². The lowest BCUT2D eigenvalue weighted by Crippen LogP contribution is -2.32. The molecule has 0 aliphatic carbocycles. The van der Waals surface area contributed by atoms with Gasteiger partial charge in [-0.2, -0.15) is 0 Å². The Morgan fingerprint density at radius 3 is 2.37 bits per heavy atom. The molecule has 2 heterocycles. The van der Waals surface area contributed by atoms with E-state index in [1.165, 1.54) is 47.4 Å². The molecule has 30 heavy (non-hydrogen) atoms. The number of aliphatic hydroxyl groups is 1. The number of amides is 1. The molecule has 1 aliphatic rings. The third kappa shape index (κ3) is 3.27. The Kier molecular flexibility index (Phi) is 4.69. The van der Waals surface area contributed by atoms with E-state index in [0.29, 0.717) is 15.8 Å². The first-order chi connectivity index (χ1) is 14.1. The number of carbonyl (C=O) groups is 2. The van der Waals surface area contributed by atoms with Crippen LogP contribution in [0.5, 0.6) is 0 Å². The van der Waals surface area contributed by atoms with Gasteiger partial charge in [-0.1, -0.05) is 44.2 Å². The summed E-state index contributed by atoms with van der Waals surface area (Å²) in [5.41, 5.74) is 0.00254. The van der Waals surface area contributed by atoms with Crippen molar-refractivity contribution in [3.8, 4) is 0 Å². The Morgan fingerprint density at radius 1 is 1.10 bits per heavy atom. The number of Topliss-reactive ketones (excluding diaryl/α,β-unsaturated/α-hetero) is 1. The summed E-state index contributed by atoms with van der Waals surface area (Å²) in [7, 11) is 0. The maximum Gasteiger partial charge on any atom is 0.296 e. The second-order valence-corrected chi connectivity index (χ2v) is 9.09. The SMILES string of the molecule is CC(C)(C)C(=O)C1=C(O)C(=O)N(c2nc3ccc(F)cc3s2)C1c1ccc(F)cc1. The summed E-state index contributed by atoms with van der Waals surface area (Å²) in [4.78, 5) is 31.8. The van der Waals surface area contributed by atoms with Crippen molar-refractivity contribution in [2.45, 2.75) is 26.8 Å². The van der Waals surface area contributed by atoms with E-state index in [-0.39, 0.29) is 10.7 Å². The van der Waals surface area contributed by atoms with Gasteiger partial charge in [0.15, 0.2) is 16.7 Å². The number of aromatic nitrogens is 1. The highest BCUT2D eigenvalue weighted by molar-refractivity contribution is 7.22. The maximum absolute atomic E-state index is 13.6. The molecule has 1 atom stereocenters. The standard InChI is InChI=1S/C22H18F2N2O3S/c1-22(2,3)19(28)16-17(11-4-6-12(23)7-5-11)26(20(29)18(16)27)21-25-14-9-8-13(24)10-15(14)30-21/h4-10,17,27H,1-3H3. The fourth-order valence-electron chi connectivity index (χ4n) is 3.39. The van der Waals surface area contributed by atoms with E-state index >= 15 is 0 Å². The summed E-state index contributed by atoms with van der Waals surface area (Å²) in [5.74, 6) is -2.75. The summed E-state index contributed by atoms with van der Waals surface area (Å²) in [6.07, 6.45) is 0. The Bertz CT molecular complexity index is 1210. The normalized spacial score (nSPS) is 17.3. The van der Waals surface area contributed by atoms with E-state index in [0.717, 1.165) is 11.3 Å². The molecule has 0 radical (unpaired) electrons. The van der Waals surface area contributed by atoms with E-state index in [9.17, 15) is 23.5 Å². The lowest BCUT2D eigenvalue weighted by molar-refractivity contribution is -0.123. The van der Waals surface area contributed by atoms with Gasteiger partial charge in [-0.15, -0.1) is 0 Å². The average Bonchev–Trinajstić information content (AvgIpc) is 3.19. The number of carbonyl (C=O) groups excluding carboxylic acids is 2. The maximum atomic E-state index is 13.6. The molecule has 0 spiro atoms. The molecule has 1 aliphatic heterocycles. The zero-order chi connectivity index (χ0) is 21.8. The van der Waals surface area contributed by atoms with Crippen molar-refractivity contribution < 1.29 is 23.5 Å². The zero-order valence-corrected chi connectivity index (χ0v) is 17.3. The first kappa shape index (κ1) is 20.2. The number of anilines is 1. The lowest BCUT2D eigenvalue weighted by Gasteiger charge is -2.27. The first-order valence-electron chi connectivity index (χ1n) is 9.21. The van der Waals surface area contributed by atoms with Gasteiger partial charge in [0, 0.05) is 5.41 Å². The van der Waals surface area contributed by atoms with Crippen LogP contribution in [0.25, 0.3) is 10.2 Å². The molecule has 1 aromatic heterocycles.